The minimum atomic E-state index is -0.704. The van der Waals surface area contributed by atoms with E-state index in [-0.39, 0.29) is 23.3 Å². The molecule has 0 spiro atoms. The predicted molar refractivity (Wildman–Crippen MR) is 86.1 cm³/mol. The Bertz CT molecular complexity index is 722. The summed E-state index contributed by atoms with van der Waals surface area (Å²) in [6, 6.07) is 5.79. The molecule has 0 aliphatic rings. The second kappa shape index (κ2) is 6.86. The number of nitrogens with two attached hydrogens (primary N) is 1. The minimum absolute atomic E-state index is 0.0588. The van der Waals surface area contributed by atoms with Crippen molar-refractivity contribution in [3.8, 4) is 0 Å². The average molecular weight is 320 g/mol. The predicted octanol–water partition coefficient (Wildman–Crippen LogP) is 2.92. The number of hydrogen-bond donors (Lipinski definition) is 3. The number of aromatic nitrogens is 2. The summed E-state index contributed by atoms with van der Waals surface area (Å²) in [6.45, 7) is 4.54. The van der Waals surface area contributed by atoms with Crippen LogP contribution in [0.3, 0.4) is 0 Å². The molecule has 0 bridgehead atoms. The van der Waals surface area contributed by atoms with Crippen LogP contribution in [0.5, 0.6) is 0 Å². The molecule has 0 saturated carbocycles. The second-order valence-corrected chi connectivity index (χ2v) is 5.27. The number of hydrogen-bond acceptors (Lipinski definition) is 7. The fourth-order valence-electron chi connectivity index (χ4n) is 1.80. The van der Waals surface area contributed by atoms with Crippen molar-refractivity contribution in [3.05, 3.63) is 40.2 Å². The first-order chi connectivity index (χ1) is 10.9. The van der Waals surface area contributed by atoms with Crippen molar-refractivity contribution < 1.29 is 9.31 Å². The van der Waals surface area contributed by atoms with Crippen LogP contribution in [0.15, 0.2) is 24.3 Å². The van der Waals surface area contributed by atoms with Gasteiger partial charge in [-0.05, 0) is 18.1 Å². The standard InChI is InChI=1S/C14H17FN6O2/c1-8(2)7-17-14-19-12(16)11(21(22)23)13(20-14)18-10-6-4-3-5-9(10)15/h3-6,8H,7H2,1-2H3,(H4,16,17,18,19,20). The molecular weight excluding hydrogens is 303 g/mol. The largest absolute Gasteiger partial charge is 0.378 e. The number of para-hydroxylation sites is 1. The highest BCUT2D eigenvalue weighted by molar-refractivity contribution is 5.74. The van der Waals surface area contributed by atoms with Crippen molar-refractivity contribution >= 4 is 29.0 Å². The van der Waals surface area contributed by atoms with E-state index in [1.165, 1.54) is 18.2 Å². The molecule has 0 radical (unpaired) electrons. The maximum atomic E-state index is 13.7. The van der Waals surface area contributed by atoms with E-state index < -0.39 is 16.4 Å². The third-order valence-electron chi connectivity index (χ3n) is 2.89. The summed E-state index contributed by atoms with van der Waals surface area (Å²) in [5.74, 6) is -0.566. The van der Waals surface area contributed by atoms with Gasteiger partial charge in [-0.3, -0.25) is 10.1 Å². The molecular formula is C14H17FN6O2. The Morgan fingerprint density at radius 1 is 1.35 bits per heavy atom. The van der Waals surface area contributed by atoms with Gasteiger partial charge in [-0.1, -0.05) is 26.0 Å². The van der Waals surface area contributed by atoms with Gasteiger partial charge in [-0.15, -0.1) is 0 Å². The molecule has 0 amide bonds. The summed E-state index contributed by atoms with van der Waals surface area (Å²) < 4.78 is 13.7. The quantitative estimate of drug-likeness (QED) is 0.553. The third kappa shape index (κ3) is 4.02. The lowest BCUT2D eigenvalue weighted by Gasteiger charge is -2.12. The molecule has 0 aliphatic heterocycles. The molecule has 122 valence electrons. The summed E-state index contributed by atoms with van der Waals surface area (Å²) in [5.41, 5.74) is 5.22. The summed E-state index contributed by atoms with van der Waals surface area (Å²) in [7, 11) is 0. The number of nitrogen functional groups attached to an aromatic ring is 1. The molecule has 2 rings (SSSR count). The zero-order chi connectivity index (χ0) is 17.0. The van der Waals surface area contributed by atoms with E-state index in [1.807, 2.05) is 13.8 Å². The van der Waals surface area contributed by atoms with Crippen molar-refractivity contribution in [1.29, 1.82) is 0 Å². The number of halogens is 1. The topological polar surface area (TPSA) is 119 Å². The molecule has 4 N–H and O–H groups in total. The van der Waals surface area contributed by atoms with Crippen LogP contribution < -0.4 is 16.4 Å². The molecule has 1 aromatic carbocycles. The Kier molecular flexibility index (Phi) is 4.89. The van der Waals surface area contributed by atoms with Crippen LogP contribution in [0.2, 0.25) is 0 Å². The molecule has 0 atom stereocenters. The molecule has 1 heterocycles. The molecule has 8 nitrogen and oxygen atoms in total. The molecule has 1 aromatic heterocycles. The van der Waals surface area contributed by atoms with Crippen molar-refractivity contribution in [2.45, 2.75) is 13.8 Å². The van der Waals surface area contributed by atoms with Gasteiger partial charge in [-0.25, -0.2) is 4.39 Å². The van der Waals surface area contributed by atoms with Gasteiger partial charge in [0, 0.05) is 6.54 Å². The van der Waals surface area contributed by atoms with Crippen LogP contribution in [0, 0.1) is 21.8 Å². The highest BCUT2D eigenvalue weighted by Crippen LogP contribution is 2.32. The van der Waals surface area contributed by atoms with Gasteiger partial charge in [0.1, 0.15) is 5.82 Å². The van der Waals surface area contributed by atoms with Gasteiger partial charge in [-0.2, -0.15) is 9.97 Å². The lowest BCUT2D eigenvalue weighted by molar-refractivity contribution is -0.383. The van der Waals surface area contributed by atoms with Gasteiger partial charge in [0.2, 0.25) is 17.6 Å². The van der Waals surface area contributed by atoms with Crippen LogP contribution in [-0.2, 0) is 0 Å². The van der Waals surface area contributed by atoms with Crippen LogP contribution in [0.25, 0.3) is 0 Å². The van der Waals surface area contributed by atoms with E-state index in [9.17, 15) is 14.5 Å². The lowest BCUT2D eigenvalue weighted by atomic mass is 10.2. The van der Waals surface area contributed by atoms with Crippen LogP contribution in [0.1, 0.15) is 13.8 Å². The fourth-order valence-corrected chi connectivity index (χ4v) is 1.80. The van der Waals surface area contributed by atoms with Crippen molar-refractivity contribution in [2.75, 3.05) is 22.9 Å². The first-order valence-corrected chi connectivity index (χ1v) is 6.95. The van der Waals surface area contributed by atoms with E-state index in [1.54, 1.807) is 6.07 Å². The summed E-state index contributed by atoms with van der Waals surface area (Å²) >= 11 is 0. The maximum absolute atomic E-state index is 13.7. The molecule has 0 saturated heterocycles. The average Bonchev–Trinajstić information content (AvgIpc) is 2.46. The highest BCUT2D eigenvalue weighted by atomic mass is 19.1. The number of anilines is 4. The molecule has 23 heavy (non-hydrogen) atoms. The monoisotopic (exact) mass is 320 g/mol. The summed E-state index contributed by atoms with van der Waals surface area (Å²) in [5, 5.41) is 16.7. The van der Waals surface area contributed by atoms with Gasteiger partial charge >= 0.3 is 5.69 Å². The van der Waals surface area contributed by atoms with Gasteiger partial charge in [0.15, 0.2) is 0 Å². The van der Waals surface area contributed by atoms with Gasteiger partial charge in [0.25, 0.3) is 0 Å². The third-order valence-corrected chi connectivity index (χ3v) is 2.89. The molecule has 0 fully saturated rings. The first-order valence-electron chi connectivity index (χ1n) is 6.95. The van der Waals surface area contributed by atoms with Gasteiger partial charge in [0.05, 0.1) is 10.6 Å². The van der Waals surface area contributed by atoms with Crippen molar-refractivity contribution in [2.24, 2.45) is 5.92 Å². The van der Waals surface area contributed by atoms with Crippen molar-refractivity contribution in [3.63, 3.8) is 0 Å². The molecule has 0 aliphatic carbocycles. The number of nitrogens with one attached hydrogen (secondary N) is 2. The zero-order valence-corrected chi connectivity index (χ0v) is 12.7. The normalized spacial score (nSPS) is 10.6. The Morgan fingerprint density at radius 3 is 2.65 bits per heavy atom. The van der Waals surface area contributed by atoms with E-state index in [0.29, 0.717) is 12.5 Å². The minimum Gasteiger partial charge on any atom is -0.378 e. The Balaban J connectivity index is 2.41. The SMILES string of the molecule is CC(C)CNc1nc(N)c([N+](=O)[O-])c(Nc2ccccc2F)n1. The Morgan fingerprint density at radius 2 is 2.04 bits per heavy atom. The first kappa shape index (κ1) is 16.4. The zero-order valence-electron chi connectivity index (χ0n) is 12.7. The Hall–Kier alpha value is -2.97. The van der Waals surface area contributed by atoms with Crippen LogP contribution >= 0.6 is 0 Å². The van der Waals surface area contributed by atoms with E-state index in [2.05, 4.69) is 20.6 Å². The van der Waals surface area contributed by atoms with Crippen LogP contribution in [0.4, 0.5) is 33.3 Å². The Labute approximate surface area is 132 Å². The fraction of sp³-hybridized carbons (Fsp3) is 0.286. The second-order valence-electron chi connectivity index (χ2n) is 5.27. The van der Waals surface area contributed by atoms with E-state index in [4.69, 9.17) is 5.73 Å². The smallest absolute Gasteiger partial charge is 0.353 e. The van der Waals surface area contributed by atoms with Crippen LogP contribution in [-0.4, -0.2) is 21.4 Å². The van der Waals surface area contributed by atoms with E-state index in [0.717, 1.165) is 0 Å². The number of nitro groups is 1. The number of benzene rings is 1. The summed E-state index contributed by atoms with van der Waals surface area (Å²) in [4.78, 5) is 18.4. The maximum Gasteiger partial charge on any atom is 0.353 e. The number of rotatable bonds is 6. The molecule has 2 aromatic rings. The molecule has 9 heteroatoms. The summed E-state index contributed by atoms with van der Waals surface area (Å²) in [6.07, 6.45) is 0. The highest BCUT2D eigenvalue weighted by Gasteiger charge is 2.24. The number of nitrogens with zero attached hydrogens (tertiary/aromatic N) is 3. The lowest BCUT2D eigenvalue weighted by Crippen LogP contribution is -2.14. The van der Waals surface area contributed by atoms with Crippen molar-refractivity contribution in [1.82, 2.24) is 9.97 Å². The van der Waals surface area contributed by atoms with E-state index >= 15 is 0 Å². The molecule has 0 unspecified atom stereocenters. The van der Waals surface area contributed by atoms with Gasteiger partial charge < -0.3 is 16.4 Å².